The molecule has 0 radical (unpaired) electrons. The van der Waals surface area contributed by atoms with E-state index in [2.05, 4.69) is 11.0 Å². The molecule has 1 fully saturated rings. The molecular weight excluding hydrogens is 186 g/mol. The third-order valence-electron chi connectivity index (χ3n) is 3.04. The van der Waals surface area contributed by atoms with Crippen molar-refractivity contribution in [3.63, 3.8) is 0 Å². The number of rotatable bonds is 2. The topological polar surface area (TPSA) is 55.3 Å². The van der Waals surface area contributed by atoms with Crippen LogP contribution >= 0.6 is 0 Å². The van der Waals surface area contributed by atoms with Crippen molar-refractivity contribution in [3.05, 3.63) is 23.8 Å². The number of nitrogens with two attached hydrogens (primary N) is 2. The lowest BCUT2D eigenvalue weighted by atomic mass is 10.1. The van der Waals surface area contributed by atoms with Gasteiger partial charge in [-0.3, -0.25) is 0 Å². The molecule has 0 spiro atoms. The van der Waals surface area contributed by atoms with Crippen LogP contribution in [0.2, 0.25) is 0 Å². The molecule has 0 bridgehead atoms. The summed E-state index contributed by atoms with van der Waals surface area (Å²) in [4.78, 5) is 2.38. The van der Waals surface area contributed by atoms with E-state index in [1.54, 1.807) is 0 Å². The summed E-state index contributed by atoms with van der Waals surface area (Å²) < 4.78 is 0. The predicted octanol–water partition coefficient (Wildman–Crippen LogP) is 1.72. The highest BCUT2D eigenvalue weighted by molar-refractivity contribution is 5.71. The molecule has 82 valence electrons. The van der Waals surface area contributed by atoms with E-state index in [9.17, 15) is 0 Å². The molecule has 3 nitrogen and oxygen atoms in total. The average molecular weight is 205 g/mol. The molecule has 0 aromatic heterocycles. The summed E-state index contributed by atoms with van der Waals surface area (Å²) in [7, 11) is 0. The zero-order chi connectivity index (χ0) is 10.7. The van der Waals surface area contributed by atoms with Crippen LogP contribution in [0.15, 0.2) is 18.2 Å². The van der Waals surface area contributed by atoms with Gasteiger partial charge >= 0.3 is 0 Å². The number of anilines is 2. The van der Waals surface area contributed by atoms with Crippen LogP contribution in [0.3, 0.4) is 0 Å². The Hall–Kier alpha value is -1.22. The van der Waals surface area contributed by atoms with Crippen molar-refractivity contribution >= 4 is 11.4 Å². The molecule has 1 aromatic carbocycles. The van der Waals surface area contributed by atoms with Crippen molar-refractivity contribution < 1.29 is 0 Å². The van der Waals surface area contributed by atoms with Gasteiger partial charge in [-0.1, -0.05) is 12.1 Å². The van der Waals surface area contributed by atoms with E-state index in [1.807, 2.05) is 12.1 Å². The average Bonchev–Trinajstić information content (AvgIpc) is 2.29. The van der Waals surface area contributed by atoms with Gasteiger partial charge in [0.1, 0.15) is 0 Å². The van der Waals surface area contributed by atoms with Crippen molar-refractivity contribution in [2.45, 2.75) is 25.8 Å². The molecule has 0 atom stereocenters. The number of nitrogens with zero attached hydrogens (tertiary/aromatic N) is 1. The minimum atomic E-state index is 0.566. The molecule has 0 unspecified atom stereocenters. The van der Waals surface area contributed by atoms with Gasteiger partial charge in [-0.25, -0.2) is 0 Å². The fourth-order valence-corrected chi connectivity index (χ4v) is 2.28. The van der Waals surface area contributed by atoms with Gasteiger partial charge in [-0.15, -0.1) is 0 Å². The van der Waals surface area contributed by atoms with Gasteiger partial charge in [0.15, 0.2) is 0 Å². The second-order valence-corrected chi connectivity index (χ2v) is 4.11. The van der Waals surface area contributed by atoms with Crippen molar-refractivity contribution in [2.75, 3.05) is 23.7 Å². The third-order valence-corrected chi connectivity index (χ3v) is 3.04. The molecule has 1 aliphatic heterocycles. The van der Waals surface area contributed by atoms with E-state index in [-0.39, 0.29) is 0 Å². The molecule has 15 heavy (non-hydrogen) atoms. The van der Waals surface area contributed by atoms with Gasteiger partial charge in [0.25, 0.3) is 0 Å². The number of benzene rings is 1. The first-order chi connectivity index (χ1) is 7.33. The maximum absolute atomic E-state index is 6.03. The van der Waals surface area contributed by atoms with E-state index in [1.165, 1.54) is 24.9 Å². The highest BCUT2D eigenvalue weighted by Crippen LogP contribution is 2.29. The fourth-order valence-electron chi connectivity index (χ4n) is 2.28. The van der Waals surface area contributed by atoms with Crippen molar-refractivity contribution in [2.24, 2.45) is 5.73 Å². The van der Waals surface area contributed by atoms with E-state index in [0.29, 0.717) is 6.54 Å². The highest BCUT2D eigenvalue weighted by atomic mass is 15.1. The fraction of sp³-hybridized carbons (Fsp3) is 0.500. The summed E-state index contributed by atoms with van der Waals surface area (Å²) in [5.41, 5.74) is 15.0. The predicted molar refractivity (Wildman–Crippen MR) is 64.8 cm³/mol. The van der Waals surface area contributed by atoms with Gasteiger partial charge < -0.3 is 16.4 Å². The Kier molecular flexibility index (Phi) is 3.11. The van der Waals surface area contributed by atoms with Crippen LogP contribution in [-0.2, 0) is 6.54 Å². The van der Waals surface area contributed by atoms with Gasteiger partial charge in [-0.05, 0) is 30.9 Å². The quantitative estimate of drug-likeness (QED) is 0.723. The molecule has 1 aromatic rings. The Morgan fingerprint density at radius 1 is 1.13 bits per heavy atom. The highest BCUT2D eigenvalue weighted by Gasteiger charge is 2.15. The van der Waals surface area contributed by atoms with Crippen molar-refractivity contribution in [1.82, 2.24) is 0 Å². The Morgan fingerprint density at radius 3 is 2.53 bits per heavy atom. The molecular formula is C12H19N3. The second-order valence-electron chi connectivity index (χ2n) is 4.11. The minimum absolute atomic E-state index is 0.566. The van der Waals surface area contributed by atoms with Crippen LogP contribution in [-0.4, -0.2) is 13.1 Å². The summed E-state index contributed by atoms with van der Waals surface area (Å²) in [6.45, 7) is 2.79. The molecule has 2 rings (SSSR count). The summed E-state index contributed by atoms with van der Waals surface area (Å²) in [6.07, 6.45) is 3.86. The molecule has 1 aliphatic rings. The zero-order valence-corrected chi connectivity index (χ0v) is 9.08. The van der Waals surface area contributed by atoms with Gasteiger partial charge in [-0.2, -0.15) is 0 Å². The van der Waals surface area contributed by atoms with E-state index >= 15 is 0 Å². The van der Waals surface area contributed by atoms with E-state index in [4.69, 9.17) is 11.5 Å². The lowest BCUT2D eigenvalue weighted by Gasteiger charge is -2.31. The Morgan fingerprint density at radius 2 is 1.87 bits per heavy atom. The number of para-hydroxylation sites is 1. The third kappa shape index (κ3) is 2.07. The number of hydrogen-bond acceptors (Lipinski definition) is 3. The minimum Gasteiger partial charge on any atom is -0.397 e. The van der Waals surface area contributed by atoms with Crippen LogP contribution in [0.5, 0.6) is 0 Å². The lowest BCUT2D eigenvalue weighted by Crippen LogP contribution is -2.31. The normalized spacial score (nSPS) is 16.7. The Labute approximate surface area is 91.1 Å². The molecule has 0 aliphatic carbocycles. The number of nitrogen functional groups attached to an aromatic ring is 1. The van der Waals surface area contributed by atoms with Crippen LogP contribution in [0.4, 0.5) is 11.4 Å². The largest absolute Gasteiger partial charge is 0.397 e. The standard InChI is InChI=1S/C12H19N3/c13-9-10-5-4-6-11(14)12(10)15-7-2-1-3-8-15/h4-6H,1-3,7-9,13-14H2. The van der Waals surface area contributed by atoms with Crippen molar-refractivity contribution in [3.8, 4) is 0 Å². The Balaban J connectivity index is 2.31. The summed E-state index contributed by atoms with van der Waals surface area (Å²) in [5.74, 6) is 0. The molecule has 1 heterocycles. The summed E-state index contributed by atoms with van der Waals surface area (Å²) in [5, 5.41) is 0. The van der Waals surface area contributed by atoms with E-state index < -0.39 is 0 Å². The van der Waals surface area contributed by atoms with Gasteiger partial charge in [0.05, 0.1) is 11.4 Å². The number of hydrogen-bond donors (Lipinski definition) is 2. The summed E-state index contributed by atoms with van der Waals surface area (Å²) in [6, 6.07) is 6.01. The Bertz CT molecular complexity index is 330. The molecule has 0 amide bonds. The van der Waals surface area contributed by atoms with Crippen LogP contribution in [0.1, 0.15) is 24.8 Å². The maximum Gasteiger partial charge on any atom is 0.0645 e. The van der Waals surface area contributed by atoms with E-state index in [0.717, 1.165) is 24.3 Å². The summed E-state index contributed by atoms with van der Waals surface area (Å²) >= 11 is 0. The zero-order valence-electron chi connectivity index (χ0n) is 9.08. The van der Waals surface area contributed by atoms with Gasteiger partial charge in [0, 0.05) is 19.6 Å². The molecule has 0 saturated carbocycles. The molecule has 1 saturated heterocycles. The number of piperidine rings is 1. The maximum atomic E-state index is 6.03. The van der Waals surface area contributed by atoms with Crippen LogP contribution < -0.4 is 16.4 Å². The first kappa shape index (κ1) is 10.3. The lowest BCUT2D eigenvalue weighted by molar-refractivity contribution is 0.577. The van der Waals surface area contributed by atoms with Gasteiger partial charge in [0.2, 0.25) is 0 Å². The second kappa shape index (κ2) is 4.53. The smallest absolute Gasteiger partial charge is 0.0645 e. The monoisotopic (exact) mass is 205 g/mol. The van der Waals surface area contributed by atoms with Crippen molar-refractivity contribution in [1.29, 1.82) is 0 Å². The van der Waals surface area contributed by atoms with Crippen LogP contribution in [0, 0.1) is 0 Å². The first-order valence-electron chi connectivity index (χ1n) is 5.65. The SMILES string of the molecule is NCc1cccc(N)c1N1CCCCC1. The van der Waals surface area contributed by atoms with Crippen LogP contribution in [0.25, 0.3) is 0 Å². The first-order valence-corrected chi connectivity index (χ1v) is 5.65. The molecule has 3 heteroatoms. The molecule has 4 N–H and O–H groups in total.